The summed E-state index contributed by atoms with van der Waals surface area (Å²) in [5.74, 6) is -0.708. The van der Waals surface area contributed by atoms with Gasteiger partial charge in [0.05, 0.1) is 5.41 Å². The maximum Gasteiger partial charge on any atom is 0.314 e. The van der Waals surface area contributed by atoms with E-state index in [9.17, 15) is 15.0 Å². The first-order chi connectivity index (χ1) is 9.15. The Labute approximate surface area is 111 Å². The zero-order chi connectivity index (χ0) is 13.5. The number of nitrogens with one attached hydrogen (secondary N) is 1. The molecule has 2 aromatic rings. The summed E-state index contributed by atoms with van der Waals surface area (Å²) in [4.78, 5) is 14.8. The Balaban J connectivity index is 2.19. The van der Waals surface area contributed by atoms with Crippen molar-refractivity contribution >= 4 is 16.9 Å². The van der Waals surface area contributed by atoms with Gasteiger partial charge in [0, 0.05) is 22.7 Å². The van der Waals surface area contributed by atoms with Crippen LogP contribution >= 0.6 is 0 Å². The van der Waals surface area contributed by atoms with Crippen molar-refractivity contribution in [1.29, 1.82) is 0 Å². The van der Waals surface area contributed by atoms with E-state index in [1.54, 1.807) is 18.3 Å². The van der Waals surface area contributed by atoms with Gasteiger partial charge >= 0.3 is 5.97 Å². The van der Waals surface area contributed by atoms with Gasteiger partial charge in [-0.25, -0.2) is 0 Å². The molecule has 1 aromatic carbocycles. The summed E-state index contributed by atoms with van der Waals surface area (Å²) in [6.45, 7) is 0. The van der Waals surface area contributed by atoms with E-state index in [0.29, 0.717) is 23.8 Å². The van der Waals surface area contributed by atoms with Gasteiger partial charge in [-0.15, -0.1) is 0 Å². The quantitative estimate of drug-likeness (QED) is 0.775. The SMILES string of the molecule is O=C(O)C1(c2ccc3[nH]ccc3c2O)CCCCC1. The van der Waals surface area contributed by atoms with Gasteiger partial charge in [0.25, 0.3) is 0 Å². The van der Waals surface area contributed by atoms with Gasteiger partial charge < -0.3 is 15.2 Å². The Bertz CT molecular complexity index is 623. The molecule has 1 aliphatic rings. The number of aliphatic carboxylic acids is 1. The van der Waals surface area contributed by atoms with E-state index in [1.807, 2.05) is 6.07 Å². The molecule has 19 heavy (non-hydrogen) atoms. The molecule has 1 aromatic heterocycles. The zero-order valence-corrected chi connectivity index (χ0v) is 10.6. The van der Waals surface area contributed by atoms with E-state index < -0.39 is 11.4 Å². The Hall–Kier alpha value is -1.97. The molecule has 1 aliphatic carbocycles. The lowest BCUT2D eigenvalue weighted by Gasteiger charge is -2.34. The summed E-state index contributed by atoms with van der Waals surface area (Å²) in [5.41, 5.74) is 0.470. The predicted octanol–water partition coefficient (Wildman–Crippen LogP) is 3.16. The molecule has 4 nitrogen and oxygen atoms in total. The van der Waals surface area contributed by atoms with Crippen LogP contribution in [0, 0.1) is 0 Å². The highest BCUT2D eigenvalue weighted by Crippen LogP contribution is 2.45. The molecule has 3 N–H and O–H groups in total. The number of benzene rings is 1. The van der Waals surface area contributed by atoms with Gasteiger partial charge in [-0.1, -0.05) is 25.3 Å². The maximum absolute atomic E-state index is 11.8. The van der Waals surface area contributed by atoms with Gasteiger partial charge in [-0.2, -0.15) is 0 Å². The molecule has 0 amide bonds. The topological polar surface area (TPSA) is 73.3 Å². The lowest BCUT2D eigenvalue weighted by molar-refractivity contribution is -0.145. The van der Waals surface area contributed by atoms with E-state index in [-0.39, 0.29) is 5.75 Å². The van der Waals surface area contributed by atoms with E-state index in [1.165, 1.54) is 0 Å². The molecule has 0 unspecified atom stereocenters. The lowest BCUT2D eigenvalue weighted by Crippen LogP contribution is -2.37. The summed E-state index contributed by atoms with van der Waals surface area (Å²) in [5, 5.41) is 20.8. The third kappa shape index (κ3) is 1.70. The van der Waals surface area contributed by atoms with Gasteiger partial charge in [0.15, 0.2) is 0 Å². The first-order valence-corrected chi connectivity index (χ1v) is 6.68. The van der Waals surface area contributed by atoms with Crippen molar-refractivity contribution in [1.82, 2.24) is 4.98 Å². The van der Waals surface area contributed by atoms with Crippen molar-refractivity contribution in [3.05, 3.63) is 30.0 Å². The largest absolute Gasteiger partial charge is 0.507 e. The van der Waals surface area contributed by atoms with E-state index in [4.69, 9.17) is 0 Å². The van der Waals surface area contributed by atoms with Crippen LogP contribution < -0.4 is 0 Å². The van der Waals surface area contributed by atoms with Crippen LogP contribution in [0.2, 0.25) is 0 Å². The fourth-order valence-electron chi connectivity index (χ4n) is 3.26. The van der Waals surface area contributed by atoms with Gasteiger partial charge in [-0.05, 0) is 25.0 Å². The van der Waals surface area contributed by atoms with Crippen LogP contribution in [0.3, 0.4) is 0 Å². The van der Waals surface area contributed by atoms with Crippen LogP contribution in [0.15, 0.2) is 24.4 Å². The fourth-order valence-corrected chi connectivity index (χ4v) is 3.26. The number of aromatic amines is 1. The van der Waals surface area contributed by atoms with Crippen molar-refractivity contribution in [3.63, 3.8) is 0 Å². The van der Waals surface area contributed by atoms with Crippen molar-refractivity contribution in [2.45, 2.75) is 37.5 Å². The second kappa shape index (κ2) is 4.30. The third-order valence-corrected chi connectivity index (χ3v) is 4.34. The molecule has 0 saturated heterocycles. The normalized spacial score (nSPS) is 18.5. The number of phenols is 1. The third-order valence-electron chi connectivity index (χ3n) is 4.34. The molecule has 1 fully saturated rings. The van der Waals surface area contributed by atoms with Gasteiger partial charge in [0.2, 0.25) is 0 Å². The Morgan fingerprint density at radius 2 is 1.89 bits per heavy atom. The molecular weight excluding hydrogens is 242 g/mol. The summed E-state index contributed by atoms with van der Waals surface area (Å²) in [6, 6.07) is 5.39. The van der Waals surface area contributed by atoms with Crippen LogP contribution in [0.5, 0.6) is 5.75 Å². The summed E-state index contributed by atoms with van der Waals surface area (Å²) < 4.78 is 0. The molecule has 1 saturated carbocycles. The minimum atomic E-state index is -0.923. The number of hydrogen-bond donors (Lipinski definition) is 3. The first-order valence-electron chi connectivity index (χ1n) is 6.68. The molecule has 0 radical (unpaired) electrons. The Kier molecular flexibility index (Phi) is 2.73. The number of hydrogen-bond acceptors (Lipinski definition) is 2. The Morgan fingerprint density at radius 1 is 1.16 bits per heavy atom. The van der Waals surface area contributed by atoms with Crippen LogP contribution in [-0.2, 0) is 10.2 Å². The average molecular weight is 259 g/mol. The van der Waals surface area contributed by atoms with Gasteiger partial charge in [0.1, 0.15) is 5.75 Å². The minimum Gasteiger partial charge on any atom is -0.507 e. The number of aromatic hydroxyl groups is 1. The van der Waals surface area contributed by atoms with Crippen molar-refractivity contribution < 1.29 is 15.0 Å². The molecule has 0 atom stereocenters. The van der Waals surface area contributed by atoms with E-state index >= 15 is 0 Å². The standard InChI is InChI=1S/C15H17NO3/c17-13-10-6-9-16-12(10)5-4-11(13)15(14(18)19)7-2-1-3-8-15/h4-6,9,16-17H,1-3,7-8H2,(H,18,19). The summed E-state index contributed by atoms with van der Waals surface area (Å²) in [7, 11) is 0. The van der Waals surface area contributed by atoms with E-state index in [2.05, 4.69) is 4.98 Å². The average Bonchev–Trinajstić information content (AvgIpc) is 2.89. The second-order valence-electron chi connectivity index (χ2n) is 5.35. The number of carboxylic acids is 1. The smallest absolute Gasteiger partial charge is 0.314 e. The second-order valence-corrected chi connectivity index (χ2v) is 5.35. The molecule has 0 spiro atoms. The zero-order valence-electron chi connectivity index (χ0n) is 10.6. The number of H-pyrrole nitrogens is 1. The van der Waals surface area contributed by atoms with E-state index in [0.717, 1.165) is 24.8 Å². The highest BCUT2D eigenvalue weighted by atomic mass is 16.4. The highest BCUT2D eigenvalue weighted by Gasteiger charge is 2.43. The fraction of sp³-hybridized carbons (Fsp3) is 0.400. The maximum atomic E-state index is 11.8. The molecule has 0 aliphatic heterocycles. The molecule has 4 heteroatoms. The van der Waals surface area contributed by atoms with Crippen molar-refractivity contribution in [2.24, 2.45) is 0 Å². The number of carbonyl (C=O) groups is 1. The predicted molar refractivity (Wildman–Crippen MR) is 72.4 cm³/mol. The Morgan fingerprint density at radius 3 is 2.58 bits per heavy atom. The number of phenolic OH excluding ortho intramolecular Hbond substituents is 1. The van der Waals surface area contributed by atoms with Crippen molar-refractivity contribution in [2.75, 3.05) is 0 Å². The van der Waals surface area contributed by atoms with Gasteiger partial charge in [-0.3, -0.25) is 4.79 Å². The highest BCUT2D eigenvalue weighted by molar-refractivity contribution is 5.91. The monoisotopic (exact) mass is 259 g/mol. The lowest BCUT2D eigenvalue weighted by atomic mass is 9.69. The minimum absolute atomic E-state index is 0.114. The van der Waals surface area contributed by atoms with Crippen LogP contribution in [0.4, 0.5) is 0 Å². The summed E-state index contributed by atoms with van der Waals surface area (Å²) >= 11 is 0. The van der Waals surface area contributed by atoms with Crippen molar-refractivity contribution in [3.8, 4) is 5.75 Å². The molecule has 3 rings (SSSR count). The molecule has 100 valence electrons. The van der Waals surface area contributed by atoms with Crippen LogP contribution in [0.25, 0.3) is 10.9 Å². The summed E-state index contributed by atoms with van der Waals surface area (Å²) in [6.07, 6.45) is 5.83. The van der Waals surface area contributed by atoms with Crippen LogP contribution in [-0.4, -0.2) is 21.2 Å². The van der Waals surface area contributed by atoms with Crippen LogP contribution in [0.1, 0.15) is 37.7 Å². The molecule has 0 bridgehead atoms. The molecular formula is C15H17NO3. The number of carboxylic acid groups (broad SMARTS) is 1. The number of rotatable bonds is 2. The number of aromatic nitrogens is 1. The number of fused-ring (bicyclic) bond motifs is 1. The molecule has 1 heterocycles. The first kappa shape index (κ1) is 12.1.